The molecule has 2 N–H and O–H groups in total. The molecule has 0 bridgehead atoms. The Bertz CT molecular complexity index is 1260. The lowest BCUT2D eigenvalue weighted by molar-refractivity contribution is -0.117. The van der Waals surface area contributed by atoms with Gasteiger partial charge in [-0.05, 0) is 50.1 Å². The zero-order chi connectivity index (χ0) is 25.5. The molecule has 8 heteroatoms. The van der Waals surface area contributed by atoms with Gasteiger partial charge in [0.05, 0.1) is 26.2 Å². The van der Waals surface area contributed by atoms with Crippen LogP contribution in [0.15, 0.2) is 53.1 Å². The molecule has 2 aromatic carbocycles. The van der Waals surface area contributed by atoms with Gasteiger partial charge in [0.2, 0.25) is 5.91 Å². The topological polar surface area (TPSA) is 101 Å². The number of phenolic OH excluding ortho intramolecular Hbond substituents is 1. The van der Waals surface area contributed by atoms with Crippen LogP contribution in [0.2, 0.25) is 0 Å². The summed E-state index contributed by atoms with van der Waals surface area (Å²) in [6.07, 6.45) is 1.91. The molecule has 1 aliphatic heterocycles. The van der Waals surface area contributed by atoms with E-state index in [-0.39, 0.29) is 28.9 Å². The lowest BCUT2D eigenvalue weighted by atomic mass is 9.64. The number of hydrogen-bond acceptors (Lipinski definition) is 6. The number of furan rings is 1. The summed E-state index contributed by atoms with van der Waals surface area (Å²) in [5.41, 5.74) is 0.793. The van der Waals surface area contributed by atoms with Crippen molar-refractivity contribution in [3.05, 3.63) is 65.6 Å². The highest BCUT2D eigenvalue weighted by atomic mass is 16.5. The van der Waals surface area contributed by atoms with Crippen LogP contribution in [-0.2, 0) is 10.2 Å². The number of nitrogens with zero attached hydrogens (tertiary/aromatic N) is 1. The van der Waals surface area contributed by atoms with Crippen molar-refractivity contribution in [2.45, 2.75) is 45.1 Å². The van der Waals surface area contributed by atoms with Gasteiger partial charge < -0.3 is 29.2 Å². The smallest absolute Gasteiger partial charge is 0.291 e. The predicted molar refractivity (Wildman–Crippen MR) is 133 cm³/mol. The fourth-order valence-electron chi connectivity index (χ4n) is 5.38. The number of phenols is 1. The Labute approximate surface area is 204 Å². The summed E-state index contributed by atoms with van der Waals surface area (Å²) in [5, 5.41) is 14.4. The molecule has 1 aliphatic rings. The molecule has 2 amide bonds. The van der Waals surface area contributed by atoms with Crippen molar-refractivity contribution in [1.82, 2.24) is 0 Å². The third kappa shape index (κ3) is 3.99. The summed E-state index contributed by atoms with van der Waals surface area (Å²) in [6.45, 7) is 7.51. The molecule has 0 radical (unpaired) electrons. The number of methoxy groups -OCH3 is 2. The Morgan fingerprint density at radius 2 is 1.77 bits per heavy atom. The minimum Gasteiger partial charge on any atom is -0.505 e. The van der Waals surface area contributed by atoms with Crippen molar-refractivity contribution in [3.8, 4) is 17.2 Å². The summed E-state index contributed by atoms with van der Waals surface area (Å²) < 4.78 is 16.1. The van der Waals surface area contributed by atoms with Crippen molar-refractivity contribution in [2.75, 3.05) is 24.4 Å². The molecule has 1 atom stereocenters. The number of amides is 2. The summed E-state index contributed by atoms with van der Waals surface area (Å²) in [7, 11) is 3.05. The van der Waals surface area contributed by atoms with E-state index in [0.29, 0.717) is 23.4 Å². The van der Waals surface area contributed by atoms with E-state index < -0.39 is 16.9 Å². The van der Waals surface area contributed by atoms with Crippen LogP contribution in [-0.4, -0.2) is 36.7 Å². The van der Waals surface area contributed by atoms with Gasteiger partial charge in [0.25, 0.3) is 5.91 Å². The SMILES string of the molecule is COc1ccc(C2(C)CC(C)(C)N(C(C)=O)c3cc(OC)c(NC(=O)c4ccco4)c(O)c32)cc1. The maximum Gasteiger partial charge on any atom is 0.291 e. The van der Waals surface area contributed by atoms with Gasteiger partial charge >= 0.3 is 0 Å². The Hall–Kier alpha value is -3.94. The second kappa shape index (κ2) is 8.69. The molecule has 0 spiro atoms. The molecule has 0 saturated heterocycles. The Balaban J connectivity index is 1.98. The van der Waals surface area contributed by atoms with Gasteiger partial charge in [-0.3, -0.25) is 9.59 Å². The lowest BCUT2D eigenvalue weighted by Gasteiger charge is -2.51. The minimum absolute atomic E-state index is 0.0913. The van der Waals surface area contributed by atoms with E-state index in [1.807, 2.05) is 45.0 Å². The molecule has 1 unspecified atom stereocenters. The van der Waals surface area contributed by atoms with E-state index in [9.17, 15) is 14.7 Å². The molecule has 1 aromatic heterocycles. The van der Waals surface area contributed by atoms with Gasteiger partial charge in [0, 0.05) is 29.5 Å². The van der Waals surface area contributed by atoms with E-state index >= 15 is 0 Å². The van der Waals surface area contributed by atoms with Crippen LogP contribution in [0.4, 0.5) is 11.4 Å². The summed E-state index contributed by atoms with van der Waals surface area (Å²) in [4.78, 5) is 27.3. The first kappa shape index (κ1) is 24.2. The number of anilines is 2. The van der Waals surface area contributed by atoms with Crippen LogP contribution in [0.3, 0.4) is 0 Å². The van der Waals surface area contributed by atoms with Crippen molar-refractivity contribution in [1.29, 1.82) is 0 Å². The first-order valence-electron chi connectivity index (χ1n) is 11.3. The number of fused-ring (bicyclic) bond motifs is 1. The number of ether oxygens (including phenoxy) is 2. The second-order valence-corrected chi connectivity index (χ2v) is 9.53. The van der Waals surface area contributed by atoms with E-state index in [0.717, 1.165) is 5.56 Å². The quantitative estimate of drug-likeness (QED) is 0.495. The molecule has 8 nitrogen and oxygen atoms in total. The number of benzene rings is 2. The standard InChI is InChI=1S/C27H30N2O6/c1-16(30)29-19-14-21(34-6)23(28-25(32)20-8-7-13-35-20)24(31)22(19)27(4,15-26(29,2)3)17-9-11-18(33-5)12-10-17/h7-14,31H,15H2,1-6H3,(H,28,32). The van der Waals surface area contributed by atoms with Gasteiger partial charge in [-0.25, -0.2) is 0 Å². The lowest BCUT2D eigenvalue weighted by Crippen LogP contribution is -2.55. The fourth-order valence-corrected chi connectivity index (χ4v) is 5.38. The van der Waals surface area contributed by atoms with Crippen LogP contribution in [0.25, 0.3) is 0 Å². The van der Waals surface area contributed by atoms with Crippen molar-refractivity contribution >= 4 is 23.2 Å². The molecule has 0 saturated carbocycles. The van der Waals surface area contributed by atoms with Crippen molar-refractivity contribution in [2.24, 2.45) is 0 Å². The van der Waals surface area contributed by atoms with Crippen LogP contribution < -0.4 is 19.7 Å². The Morgan fingerprint density at radius 3 is 2.31 bits per heavy atom. The maximum absolute atomic E-state index is 12.8. The van der Waals surface area contributed by atoms with Gasteiger partial charge in [-0.2, -0.15) is 0 Å². The van der Waals surface area contributed by atoms with Crippen LogP contribution >= 0.6 is 0 Å². The first-order chi connectivity index (χ1) is 16.5. The third-order valence-electron chi connectivity index (χ3n) is 6.67. The summed E-state index contributed by atoms with van der Waals surface area (Å²) in [6, 6.07) is 12.5. The van der Waals surface area contributed by atoms with Gasteiger partial charge in [-0.15, -0.1) is 0 Å². The molecular weight excluding hydrogens is 448 g/mol. The second-order valence-electron chi connectivity index (χ2n) is 9.53. The monoisotopic (exact) mass is 478 g/mol. The van der Waals surface area contributed by atoms with Gasteiger partial charge in [0.15, 0.2) is 5.76 Å². The fraction of sp³-hybridized carbons (Fsp3) is 0.333. The highest BCUT2D eigenvalue weighted by molar-refractivity contribution is 6.05. The van der Waals surface area contributed by atoms with Crippen molar-refractivity contribution < 1.29 is 28.6 Å². The molecule has 0 fully saturated rings. The van der Waals surface area contributed by atoms with E-state index in [1.54, 1.807) is 24.1 Å². The van der Waals surface area contributed by atoms with E-state index in [2.05, 4.69) is 5.32 Å². The molecule has 2 heterocycles. The predicted octanol–water partition coefficient (Wildman–Crippen LogP) is 5.10. The highest BCUT2D eigenvalue weighted by Gasteiger charge is 2.49. The number of carbonyl (C=O) groups excluding carboxylic acids is 2. The number of nitrogens with one attached hydrogen (secondary N) is 1. The van der Waals surface area contributed by atoms with E-state index in [1.165, 1.54) is 26.4 Å². The molecule has 4 rings (SSSR count). The normalized spacial score (nSPS) is 18.5. The van der Waals surface area contributed by atoms with Crippen LogP contribution in [0, 0.1) is 0 Å². The van der Waals surface area contributed by atoms with Crippen LogP contribution in [0.1, 0.15) is 55.8 Å². The largest absolute Gasteiger partial charge is 0.505 e. The average molecular weight is 479 g/mol. The number of aromatic hydroxyl groups is 1. The zero-order valence-electron chi connectivity index (χ0n) is 20.8. The third-order valence-corrected chi connectivity index (χ3v) is 6.67. The zero-order valence-corrected chi connectivity index (χ0v) is 20.8. The average Bonchev–Trinajstić information content (AvgIpc) is 3.34. The molecular formula is C27H30N2O6. The molecule has 0 aliphatic carbocycles. The molecule has 184 valence electrons. The van der Waals surface area contributed by atoms with Crippen molar-refractivity contribution in [3.63, 3.8) is 0 Å². The van der Waals surface area contributed by atoms with Gasteiger partial charge in [0.1, 0.15) is 22.9 Å². The number of carbonyl (C=O) groups is 2. The van der Waals surface area contributed by atoms with E-state index in [4.69, 9.17) is 13.9 Å². The van der Waals surface area contributed by atoms with Gasteiger partial charge in [-0.1, -0.05) is 19.1 Å². The Morgan fingerprint density at radius 1 is 1.09 bits per heavy atom. The first-order valence-corrected chi connectivity index (χ1v) is 11.3. The summed E-state index contributed by atoms with van der Waals surface area (Å²) >= 11 is 0. The summed E-state index contributed by atoms with van der Waals surface area (Å²) in [5.74, 6) is 0.162. The number of hydrogen-bond donors (Lipinski definition) is 2. The highest BCUT2D eigenvalue weighted by Crippen LogP contribution is 2.57. The molecule has 35 heavy (non-hydrogen) atoms. The molecule has 3 aromatic rings. The van der Waals surface area contributed by atoms with Crippen LogP contribution in [0.5, 0.6) is 17.2 Å². The number of rotatable bonds is 5. The Kier molecular flexibility index (Phi) is 6.00. The minimum atomic E-state index is -0.711. The maximum atomic E-state index is 12.8.